The van der Waals surface area contributed by atoms with Crippen LogP contribution in [0.3, 0.4) is 0 Å². The van der Waals surface area contributed by atoms with Crippen LogP contribution in [0, 0.1) is 0 Å². The van der Waals surface area contributed by atoms with Crippen LogP contribution in [0.4, 0.5) is 5.69 Å². The first kappa shape index (κ1) is 26.1. The second kappa shape index (κ2) is 12.3. The Balaban J connectivity index is 1.80. The normalized spacial score (nSPS) is 14.4. The fraction of sp³-hybridized carbons (Fsp3) is 0.333. The van der Waals surface area contributed by atoms with Crippen molar-refractivity contribution in [2.75, 3.05) is 11.5 Å². The van der Waals surface area contributed by atoms with Crippen LogP contribution in [0.1, 0.15) is 78.4 Å². The highest BCUT2D eigenvalue weighted by Crippen LogP contribution is 2.32. The van der Waals surface area contributed by atoms with Gasteiger partial charge in [0.15, 0.2) is 5.78 Å². The van der Waals surface area contributed by atoms with Crippen LogP contribution in [-0.2, 0) is 4.79 Å². The molecule has 1 aliphatic rings. The van der Waals surface area contributed by atoms with Crippen molar-refractivity contribution in [2.45, 2.75) is 58.0 Å². The fourth-order valence-corrected chi connectivity index (χ4v) is 4.71. The van der Waals surface area contributed by atoms with E-state index in [1.165, 1.54) is 18.2 Å². The lowest BCUT2D eigenvalue weighted by Gasteiger charge is -2.33. The minimum absolute atomic E-state index is 0.0679. The predicted octanol–water partition coefficient (Wildman–Crippen LogP) is 5.52. The van der Waals surface area contributed by atoms with Crippen LogP contribution >= 0.6 is 0 Å². The Morgan fingerprint density at radius 3 is 2.27 bits per heavy atom. The third kappa shape index (κ3) is 6.42. The monoisotopic (exact) mass is 499 g/mol. The van der Waals surface area contributed by atoms with Crippen LogP contribution in [-0.4, -0.2) is 35.2 Å². The molecule has 3 aromatic rings. The molecule has 1 N–H and O–H groups in total. The van der Waals surface area contributed by atoms with E-state index in [4.69, 9.17) is 4.74 Å². The Hall–Kier alpha value is -4.00. The Morgan fingerprint density at radius 2 is 1.68 bits per heavy atom. The number of carbonyl (C=O) groups is 3. The summed E-state index contributed by atoms with van der Waals surface area (Å²) in [6.45, 7) is 3.93. The maximum absolute atomic E-state index is 13.9. The third-order valence-corrected chi connectivity index (χ3v) is 6.62. The first-order chi connectivity index (χ1) is 18.0. The Labute approximate surface area is 217 Å². The summed E-state index contributed by atoms with van der Waals surface area (Å²) in [4.78, 5) is 45.5. The van der Waals surface area contributed by atoms with Gasteiger partial charge >= 0.3 is 0 Å². The van der Waals surface area contributed by atoms with Crippen LogP contribution in [0.15, 0.2) is 72.9 Å². The molecule has 192 valence electrons. The van der Waals surface area contributed by atoms with E-state index in [0.717, 1.165) is 25.7 Å². The summed E-state index contributed by atoms with van der Waals surface area (Å²) < 4.78 is 5.60. The topological polar surface area (TPSA) is 88.6 Å². The number of Topliss-reactive ketones (excluding diaryl/α,β-unsaturated/α-hetero) is 1. The predicted molar refractivity (Wildman–Crippen MR) is 143 cm³/mol. The molecule has 1 aliphatic carbocycles. The van der Waals surface area contributed by atoms with Gasteiger partial charge in [0, 0.05) is 23.5 Å². The number of pyridine rings is 1. The minimum Gasteiger partial charge on any atom is -0.494 e. The van der Waals surface area contributed by atoms with E-state index in [2.05, 4.69) is 10.3 Å². The molecule has 1 saturated carbocycles. The number of anilines is 1. The van der Waals surface area contributed by atoms with E-state index >= 15 is 0 Å². The number of nitrogens with zero attached hydrogens (tertiary/aromatic N) is 2. The number of ketones is 1. The molecule has 0 spiro atoms. The summed E-state index contributed by atoms with van der Waals surface area (Å²) in [6, 6.07) is 18.2. The average Bonchev–Trinajstić information content (AvgIpc) is 2.93. The smallest absolute Gasteiger partial charge is 0.277 e. The van der Waals surface area contributed by atoms with E-state index < -0.39 is 11.9 Å². The Bertz CT molecular complexity index is 1200. The maximum Gasteiger partial charge on any atom is 0.277 e. The summed E-state index contributed by atoms with van der Waals surface area (Å²) in [5, 5.41) is 3.20. The molecule has 0 unspecified atom stereocenters. The van der Waals surface area contributed by atoms with Crippen molar-refractivity contribution in [3.05, 3.63) is 89.7 Å². The number of carbonyl (C=O) groups excluding carboxylic acids is 3. The molecular weight excluding hydrogens is 466 g/mol. The third-order valence-electron chi connectivity index (χ3n) is 6.62. The molecule has 0 bridgehead atoms. The van der Waals surface area contributed by atoms with Crippen LogP contribution in [0.2, 0.25) is 0 Å². The molecular formula is C30H33N3O4. The highest BCUT2D eigenvalue weighted by molar-refractivity contribution is 6.09. The summed E-state index contributed by atoms with van der Waals surface area (Å²) in [6.07, 6.45) is 6.70. The Kier molecular flexibility index (Phi) is 8.67. The van der Waals surface area contributed by atoms with Gasteiger partial charge in [0.2, 0.25) is 5.91 Å². The molecule has 4 rings (SSSR count). The van der Waals surface area contributed by atoms with Gasteiger partial charge in [-0.05, 0) is 80.8 Å². The lowest BCUT2D eigenvalue weighted by molar-refractivity contribution is -0.123. The van der Waals surface area contributed by atoms with Crippen molar-refractivity contribution in [1.29, 1.82) is 0 Å². The van der Waals surface area contributed by atoms with Crippen LogP contribution in [0.25, 0.3) is 0 Å². The van der Waals surface area contributed by atoms with Gasteiger partial charge < -0.3 is 10.1 Å². The van der Waals surface area contributed by atoms with Crippen molar-refractivity contribution < 1.29 is 19.1 Å². The van der Waals surface area contributed by atoms with Gasteiger partial charge in [0.1, 0.15) is 17.5 Å². The second-order valence-electron chi connectivity index (χ2n) is 9.24. The highest BCUT2D eigenvalue weighted by Gasteiger charge is 2.35. The summed E-state index contributed by atoms with van der Waals surface area (Å²) in [5.74, 6) is -0.0526. The number of hydrogen-bond acceptors (Lipinski definition) is 5. The molecule has 0 radical (unpaired) electrons. The van der Waals surface area contributed by atoms with E-state index in [1.54, 1.807) is 48.7 Å². The van der Waals surface area contributed by atoms with E-state index in [9.17, 15) is 14.4 Å². The summed E-state index contributed by atoms with van der Waals surface area (Å²) in [7, 11) is 0. The van der Waals surface area contributed by atoms with Crippen molar-refractivity contribution in [1.82, 2.24) is 10.3 Å². The standard InChI is InChI=1S/C30H33N3O4/c1-3-37-26-18-14-23(15-19-26)28(29(35)32-24-9-5-4-6-10-24)33(30(36)27-11-7-8-20-31-27)25-16-12-22(13-17-25)21(2)34/h7-8,11-20,24,28H,3-6,9-10H2,1-2H3,(H,32,35)/t28-/m0/s1. The molecule has 1 aromatic heterocycles. The van der Waals surface area contributed by atoms with Gasteiger partial charge in [-0.2, -0.15) is 0 Å². The zero-order valence-electron chi connectivity index (χ0n) is 21.4. The van der Waals surface area contributed by atoms with Crippen LogP contribution in [0.5, 0.6) is 5.75 Å². The van der Waals surface area contributed by atoms with Gasteiger partial charge in [0.05, 0.1) is 6.61 Å². The number of nitrogens with one attached hydrogen (secondary N) is 1. The van der Waals surface area contributed by atoms with Gasteiger partial charge in [-0.15, -0.1) is 0 Å². The first-order valence-corrected chi connectivity index (χ1v) is 12.9. The average molecular weight is 500 g/mol. The number of aromatic nitrogens is 1. The van der Waals surface area contributed by atoms with Gasteiger partial charge in [0.25, 0.3) is 5.91 Å². The molecule has 1 atom stereocenters. The summed E-state index contributed by atoms with van der Waals surface area (Å²) in [5.41, 5.74) is 1.90. The lowest BCUT2D eigenvalue weighted by Crippen LogP contribution is -2.47. The maximum atomic E-state index is 13.9. The van der Waals surface area contributed by atoms with E-state index in [0.29, 0.717) is 29.2 Å². The molecule has 37 heavy (non-hydrogen) atoms. The number of amides is 2. The fourth-order valence-electron chi connectivity index (χ4n) is 4.71. The molecule has 0 aliphatic heterocycles. The molecule has 2 amide bonds. The highest BCUT2D eigenvalue weighted by atomic mass is 16.5. The zero-order valence-corrected chi connectivity index (χ0v) is 21.4. The van der Waals surface area contributed by atoms with E-state index in [-0.39, 0.29) is 23.4 Å². The van der Waals surface area contributed by atoms with Crippen molar-refractivity contribution in [3.63, 3.8) is 0 Å². The molecule has 2 aromatic carbocycles. The molecule has 1 fully saturated rings. The van der Waals surface area contributed by atoms with Gasteiger partial charge in [-0.25, -0.2) is 0 Å². The number of rotatable bonds is 9. The first-order valence-electron chi connectivity index (χ1n) is 12.9. The second-order valence-corrected chi connectivity index (χ2v) is 9.24. The lowest BCUT2D eigenvalue weighted by atomic mass is 9.94. The molecule has 7 nitrogen and oxygen atoms in total. The number of benzene rings is 2. The minimum atomic E-state index is -0.949. The number of hydrogen-bond donors (Lipinski definition) is 1. The van der Waals surface area contributed by atoms with E-state index in [1.807, 2.05) is 31.2 Å². The summed E-state index contributed by atoms with van der Waals surface area (Å²) >= 11 is 0. The largest absolute Gasteiger partial charge is 0.494 e. The number of ether oxygens (including phenoxy) is 1. The SMILES string of the molecule is CCOc1ccc([C@@H](C(=O)NC2CCCCC2)N(C(=O)c2ccccn2)c2ccc(C(C)=O)cc2)cc1. The van der Waals surface area contributed by atoms with Gasteiger partial charge in [-0.1, -0.05) is 37.5 Å². The van der Waals surface area contributed by atoms with Gasteiger partial charge in [-0.3, -0.25) is 24.3 Å². The van der Waals surface area contributed by atoms with Crippen molar-refractivity contribution in [3.8, 4) is 5.75 Å². The molecule has 0 saturated heterocycles. The van der Waals surface area contributed by atoms with Crippen molar-refractivity contribution >= 4 is 23.3 Å². The molecule has 7 heteroatoms. The quantitative estimate of drug-likeness (QED) is 0.392. The van der Waals surface area contributed by atoms with Crippen molar-refractivity contribution in [2.24, 2.45) is 0 Å². The zero-order chi connectivity index (χ0) is 26.2. The Morgan fingerprint density at radius 1 is 0.973 bits per heavy atom. The van der Waals surface area contributed by atoms with Crippen LogP contribution < -0.4 is 15.0 Å². The molecule has 1 heterocycles.